The fraction of sp³-hybridized carbons (Fsp3) is 0.222. The first-order chi connectivity index (χ1) is 5.24. The maximum absolute atomic E-state index is 5.72. The molecular formula is C9H13N2. The van der Waals surface area contributed by atoms with Crippen LogP contribution in [-0.4, -0.2) is 0 Å². The van der Waals surface area contributed by atoms with Gasteiger partial charge < -0.3 is 11.5 Å². The molecule has 0 spiro atoms. The molecule has 59 valence electrons. The number of anilines is 1. The average molecular weight is 149 g/mol. The van der Waals surface area contributed by atoms with Gasteiger partial charge in [-0.05, 0) is 24.1 Å². The van der Waals surface area contributed by atoms with Crippen LogP contribution in [0, 0.1) is 6.04 Å². The van der Waals surface area contributed by atoms with Crippen LogP contribution in [0.2, 0.25) is 0 Å². The van der Waals surface area contributed by atoms with Crippen molar-refractivity contribution in [1.82, 2.24) is 0 Å². The lowest BCUT2D eigenvalue weighted by Crippen LogP contribution is -2.09. The first-order valence-electron chi connectivity index (χ1n) is 3.71. The molecule has 1 rings (SSSR count). The van der Waals surface area contributed by atoms with Crippen LogP contribution in [0.4, 0.5) is 5.69 Å². The van der Waals surface area contributed by atoms with Crippen molar-refractivity contribution in [2.24, 2.45) is 5.73 Å². The molecule has 0 aliphatic heterocycles. The minimum Gasteiger partial charge on any atom is -0.399 e. The molecule has 0 saturated heterocycles. The highest BCUT2D eigenvalue weighted by Crippen LogP contribution is 2.13. The van der Waals surface area contributed by atoms with Crippen molar-refractivity contribution in [3.05, 3.63) is 35.9 Å². The average Bonchev–Trinajstić information content (AvgIpc) is 2.05. The van der Waals surface area contributed by atoms with Gasteiger partial charge in [0.25, 0.3) is 0 Å². The van der Waals surface area contributed by atoms with Crippen molar-refractivity contribution in [1.29, 1.82) is 0 Å². The van der Waals surface area contributed by atoms with Gasteiger partial charge in [-0.1, -0.05) is 19.1 Å². The van der Waals surface area contributed by atoms with Crippen molar-refractivity contribution in [2.45, 2.75) is 13.3 Å². The van der Waals surface area contributed by atoms with Gasteiger partial charge in [-0.15, -0.1) is 0 Å². The molecule has 2 nitrogen and oxygen atoms in total. The zero-order chi connectivity index (χ0) is 8.27. The molecule has 2 heteroatoms. The summed E-state index contributed by atoms with van der Waals surface area (Å²) in [5.74, 6) is 0. The predicted molar refractivity (Wildman–Crippen MR) is 47.7 cm³/mol. The Morgan fingerprint density at radius 3 is 2.27 bits per heavy atom. The molecule has 1 aromatic rings. The Kier molecular flexibility index (Phi) is 2.49. The molecule has 0 bridgehead atoms. The van der Waals surface area contributed by atoms with E-state index in [0.717, 1.165) is 23.7 Å². The molecule has 0 atom stereocenters. The molecule has 0 saturated carbocycles. The molecule has 0 heterocycles. The van der Waals surface area contributed by atoms with Crippen molar-refractivity contribution >= 4 is 5.69 Å². The van der Waals surface area contributed by atoms with Gasteiger partial charge in [-0.3, -0.25) is 0 Å². The third kappa shape index (κ3) is 1.95. The van der Waals surface area contributed by atoms with Gasteiger partial charge in [0.2, 0.25) is 0 Å². The molecule has 11 heavy (non-hydrogen) atoms. The van der Waals surface area contributed by atoms with Gasteiger partial charge in [0.05, 0.1) is 6.04 Å². The first kappa shape index (κ1) is 8.08. The summed E-state index contributed by atoms with van der Waals surface area (Å²) in [4.78, 5) is 0. The van der Waals surface area contributed by atoms with E-state index in [4.69, 9.17) is 11.5 Å². The second-order valence-corrected chi connectivity index (χ2v) is 2.50. The monoisotopic (exact) mass is 149 g/mol. The number of nitrogen functional groups attached to an aromatic ring is 1. The minimum absolute atomic E-state index is 0.776. The third-order valence-electron chi connectivity index (χ3n) is 1.66. The van der Waals surface area contributed by atoms with Crippen molar-refractivity contribution in [3.63, 3.8) is 0 Å². The van der Waals surface area contributed by atoms with Crippen LogP contribution in [0.15, 0.2) is 24.3 Å². The largest absolute Gasteiger partial charge is 0.399 e. The SMILES string of the molecule is CC[C](N)c1ccc(N)cc1. The summed E-state index contributed by atoms with van der Waals surface area (Å²) in [5.41, 5.74) is 13.1. The van der Waals surface area contributed by atoms with Gasteiger partial charge in [0, 0.05) is 5.69 Å². The van der Waals surface area contributed by atoms with Crippen LogP contribution in [-0.2, 0) is 0 Å². The molecule has 1 aromatic carbocycles. The van der Waals surface area contributed by atoms with E-state index in [1.807, 2.05) is 31.2 Å². The Balaban J connectivity index is 2.81. The molecule has 0 aliphatic rings. The van der Waals surface area contributed by atoms with E-state index in [9.17, 15) is 0 Å². The second-order valence-electron chi connectivity index (χ2n) is 2.50. The summed E-state index contributed by atoms with van der Waals surface area (Å²) in [7, 11) is 0. The van der Waals surface area contributed by atoms with Crippen molar-refractivity contribution < 1.29 is 0 Å². The van der Waals surface area contributed by atoms with Crippen LogP contribution in [0.5, 0.6) is 0 Å². The first-order valence-corrected chi connectivity index (χ1v) is 3.71. The Labute approximate surface area is 67.2 Å². The summed E-state index contributed by atoms with van der Waals surface area (Å²) < 4.78 is 0. The molecule has 4 N–H and O–H groups in total. The summed E-state index contributed by atoms with van der Waals surface area (Å²) in [6.07, 6.45) is 0.879. The van der Waals surface area contributed by atoms with E-state index >= 15 is 0 Å². The maximum atomic E-state index is 5.72. The van der Waals surface area contributed by atoms with E-state index in [1.165, 1.54) is 0 Å². The van der Waals surface area contributed by atoms with Crippen LogP contribution < -0.4 is 11.5 Å². The molecule has 1 radical (unpaired) electrons. The van der Waals surface area contributed by atoms with Crippen molar-refractivity contribution in [3.8, 4) is 0 Å². The molecule has 0 aliphatic carbocycles. The highest BCUT2D eigenvalue weighted by Gasteiger charge is 2.01. The highest BCUT2D eigenvalue weighted by molar-refractivity contribution is 5.42. The normalized spacial score (nSPS) is 10.5. The van der Waals surface area contributed by atoms with E-state index in [0.29, 0.717) is 0 Å². The van der Waals surface area contributed by atoms with Gasteiger partial charge >= 0.3 is 0 Å². The minimum atomic E-state index is 0.776. The van der Waals surface area contributed by atoms with E-state index in [2.05, 4.69) is 0 Å². The lowest BCUT2D eigenvalue weighted by Gasteiger charge is -2.06. The van der Waals surface area contributed by atoms with E-state index in [1.54, 1.807) is 0 Å². The summed E-state index contributed by atoms with van der Waals surface area (Å²) in [6, 6.07) is 8.50. The van der Waals surface area contributed by atoms with Gasteiger partial charge in [0.1, 0.15) is 0 Å². The summed E-state index contributed by atoms with van der Waals surface area (Å²) in [6.45, 7) is 2.03. The lowest BCUT2D eigenvalue weighted by atomic mass is 10.1. The maximum Gasteiger partial charge on any atom is 0.0631 e. The summed E-state index contributed by atoms with van der Waals surface area (Å²) in [5, 5.41) is 0. The topological polar surface area (TPSA) is 52.0 Å². The second kappa shape index (κ2) is 3.39. The molecule has 0 fully saturated rings. The molecule has 0 amide bonds. The number of benzene rings is 1. The smallest absolute Gasteiger partial charge is 0.0631 e. The summed E-state index contributed by atoms with van der Waals surface area (Å²) >= 11 is 0. The van der Waals surface area contributed by atoms with Crippen LogP contribution >= 0.6 is 0 Å². The predicted octanol–water partition coefficient (Wildman–Crippen LogP) is 1.52. The molecule has 0 unspecified atom stereocenters. The number of hydrogen-bond acceptors (Lipinski definition) is 2. The van der Waals surface area contributed by atoms with Crippen LogP contribution in [0.1, 0.15) is 18.9 Å². The molecular weight excluding hydrogens is 136 g/mol. The fourth-order valence-electron chi connectivity index (χ4n) is 0.901. The van der Waals surface area contributed by atoms with E-state index < -0.39 is 0 Å². The Morgan fingerprint density at radius 2 is 1.82 bits per heavy atom. The fourth-order valence-corrected chi connectivity index (χ4v) is 0.901. The zero-order valence-corrected chi connectivity index (χ0v) is 6.67. The third-order valence-corrected chi connectivity index (χ3v) is 1.66. The Hall–Kier alpha value is -1.02. The van der Waals surface area contributed by atoms with E-state index in [-0.39, 0.29) is 0 Å². The standard InChI is InChI=1S/C9H13N2/c1-2-9(11)7-3-5-8(10)6-4-7/h3-6H,2,10-11H2,1H3. The van der Waals surface area contributed by atoms with Crippen molar-refractivity contribution in [2.75, 3.05) is 5.73 Å². The Morgan fingerprint density at radius 1 is 1.27 bits per heavy atom. The quantitative estimate of drug-likeness (QED) is 0.626. The number of nitrogens with two attached hydrogens (primary N) is 2. The Bertz CT molecular complexity index is 216. The van der Waals surface area contributed by atoms with Crippen LogP contribution in [0.3, 0.4) is 0 Å². The zero-order valence-electron chi connectivity index (χ0n) is 6.67. The number of hydrogen-bond donors (Lipinski definition) is 2. The highest BCUT2D eigenvalue weighted by atomic mass is 14.6. The molecule has 0 aromatic heterocycles. The van der Waals surface area contributed by atoms with Gasteiger partial charge in [-0.25, -0.2) is 0 Å². The number of rotatable bonds is 2. The van der Waals surface area contributed by atoms with Crippen LogP contribution in [0.25, 0.3) is 0 Å². The van der Waals surface area contributed by atoms with Gasteiger partial charge in [0.15, 0.2) is 0 Å². The van der Waals surface area contributed by atoms with Gasteiger partial charge in [-0.2, -0.15) is 0 Å². The lowest BCUT2D eigenvalue weighted by molar-refractivity contribution is 0.925.